The molecule has 0 bridgehead atoms. The Morgan fingerprint density at radius 2 is 1.68 bits per heavy atom. The van der Waals surface area contributed by atoms with Crippen LogP contribution in [0.1, 0.15) is 56.3 Å². The standard InChI is InChI=1S/C21H25F3N2O2/c1-20(2)11-14(20)18(27)25-21(7-8-21)12-5-9-26(10-6-12)19(28)13-3-4-15(22)17(24)16(13)23/h3-4,12,14H,5-11H2,1-2H3,(H,25,27)/t14-/m1/s1. The van der Waals surface area contributed by atoms with Crippen molar-refractivity contribution in [3.8, 4) is 0 Å². The average molecular weight is 394 g/mol. The number of benzene rings is 1. The molecule has 4 rings (SSSR count). The molecule has 0 spiro atoms. The number of carbonyl (C=O) groups excluding carboxylic acids is 2. The van der Waals surface area contributed by atoms with Crippen LogP contribution in [0.5, 0.6) is 0 Å². The van der Waals surface area contributed by atoms with Crippen LogP contribution in [0.25, 0.3) is 0 Å². The monoisotopic (exact) mass is 394 g/mol. The van der Waals surface area contributed by atoms with Crippen molar-refractivity contribution in [1.29, 1.82) is 0 Å². The van der Waals surface area contributed by atoms with Crippen molar-refractivity contribution >= 4 is 11.8 Å². The zero-order chi connectivity index (χ0) is 20.3. The van der Waals surface area contributed by atoms with Crippen molar-refractivity contribution < 1.29 is 22.8 Å². The van der Waals surface area contributed by atoms with Gasteiger partial charge in [0.25, 0.3) is 5.91 Å². The van der Waals surface area contributed by atoms with Gasteiger partial charge in [0.15, 0.2) is 17.5 Å². The predicted octanol–water partition coefficient (Wildman–Crippen LogP) is 3.65. The fraction of sp³-hybridized carbons (Fsp3) is 0.619. The molecule has 1 N–H and O–H groups in total. The lowest BCUT2D eigenvalue weighted by atomic mass is 9.86. The van der Waals surface area contributed by atoms with E-state index in [4.69, 9.17) is 0 Å². The van der Waals surface area contributed by atoms with Crippen LogP contribution in [-0.2, 0) is 4.79 Å². The molecule has 2 aliphatic carbocycles. The van der Waals surface area contributed by atoms with Gasteiger partial charge in [-0.2, -0.15) is 0 Å². The Morgan fingerprint density at radius 3 is 2.21 bits per heavy atom. The maximum atomic E-state index is 13.9. The Hall–Kier alpha value is -2.05. The molecule has 4 nitrogen and oxygen atoms in total. The summed E-state index contributed by atoms with van der Waals surface area (Å²) in [5.74, 6) is -4.50. The van der Waals surface area contributed by atoms with Crippen molar-refractivity contribution in [3.63, 3.8) is 0 Å². The lowest BCUT2D eigenvalue weighted by Gasteiger charge is -2.37. The summed E-state index contributed by atoms with van der Waals surface area (Å²) in [6, 6.07) is 1.76. The van der Waals surface area contributed by atoms with Gasteiger partial charge in [-0.1, -0.05) is 13.8 Å². The van der Waals surface area contributed by atoms with Crippen molar-refractivity contribution in [2.24, 2.45) is 17.3 Å². The minimum atomic E-state index is -1.62. The molecule has 0 aromatic heterocycles. The highest BCUT2D eigenvalue weighted by atomic mass is 19.2. The molecule has 1 saturated heterocycles. The molecule has 1 aromatic rings. The Bertz CT molecular complexity index is 827. The van der Waals surface area contributed by atoms with Gasteiger partial charge < -0.3 is 10.2 Å². The van der Waals surface area contributed by atoms with E-state index in [1.165, 1.54) is 4.90 Å². The molecular formula is C21H25F3N2O2. The fourth-order valence-corrected chi connectivity index (χ4v) is 4.51. The third-order valence-electron chi connectivity index (χ3n) is 6.82. The van der Waals surface area contributed by atoms with E-state index in [1.54, 1.807) is 0 Å². The molecule has 28 heavy (non-hydrogen) atoms. The Labute approximate surface area is 162 Å². The van der Waals surface area contributed by atoms with Crippen molar-refractivity contribution in [2.45, 2.75) is 51.5 Å². The van der Waals surface area contributed by atoms with Crippen LogP contribution in [0.4, 0.5) is 13.2 Å². The summed E-state index contributed by atoms with van der Waals surface area (Å²) in [7, 11) is 0. The summed E-state index contributed by atoms with van der Waals surface area (Å²) in [6.07, 6.45) is 4.21. The highest BCUT2D eigenvalue weighted by molar-refractivity contribution is 5.94. The Balaban J connectivity index is 1.36. The van der Waals surface area contributed by atoms with E-state index in [-0.39, 0.29) is 28.7 Å². The van der Waals surface area contributed by atoms with E-state index in [9.17, 15) is 22.8 Å². The van der Waals surface area contributed by atoms with E-state index in [2.05, 4.69) is 19.2 Å². The first kappa shape index (κ1) is 19.3. The van der Waals surface area contributed by atoms with Gasteiger partial charge in [0, 0.05) is 24.5 Å². The minimum absolute atomic E-state index is 0.0861. The first-order valence-corrected chi connectivity index (χ1v) is 9.89. The van der Waals surface area contributed by atoms with E-state index >= 15 is 0 Å². The van der Waals surface area contributed by atoms with Crippen LogP contribution >= 0.6 is 0 Å². The van der Waals surface area contributed by atoms with Gasteiger partial charge in [-0.3, -0.25) is 9.59 Å². The molecule has 152 valence electrons. The molecule has 3 fully saturated rings. The Morgan fingerprint density at radius 1 is 1.07 bits per heavy atom. The van der Waals surface area contributed by atoms with Crippen LogP contribution in [0.2, 0.25) is 0 Å². The Kier molecular flexibility index (Phi) is 4.47. The molecule has 3 aliphatic rings. The molecule has 0 unspecified atom stereocenters. The SMILES string of the molecule is CC1(C)C[C@@H]1C(=O)NC1(C2CCN(C(=O)c3ccc(F)c(F)c3F)CC2)CC1. The molecular weight excluding hydrogens is 369 g/mol. The zero-order valence-electron chi connectivity index (χ0n) is 16.2. The van der Waals surface area contributed by atoms with Crippen molar-refractivity contribution in [1.82, 2.24) is 10.2 Å². The summed E-state index contributed by atoms with van der Waals surface area (Å²) < 4.78 is 40.4. The van der Waals surface area contributed by atoms with E-state index < -0.39 is 28.9 Å². The molecule has 1 heterocycles. The van der Waals surface area contributed by atoms with Gasteiger partial charge in [-0.05, 0) is 55.6 Å². The number of hydrogen-bond donors (Lipinski definition) is 1. The van der Waals surface area contributed by atoms with Gasteiger partial charge >= 0.3 is 0 Å². The molecule has 1 aromatic carbocycles. The predicted molar refractivity (Wildman–Crippen MR) is 96.9 cm³/mol. The second-order valence-electron chi connectivity index (χ2n) is 9.18. The summed E-state index contributed by atoms with van der Waals surface area (Å²) in [4.78, 5) is 26.5. The summed E-state index contributed by atoms with van der Waals surface area (Å²) in [5, 5.41) is 3.26. The van der Waals surface area contributed by atoms with Crippen molar-refractivity contribution in [2.75, 3.05) is 13.1 Å². The second-order valence-corrected chi connectivity index (χ2v) is 9.18. The summed E-state index contributed by atoms with van der Waals surface area (Å²) in [6.45, 7) is 5.01. The number of hydrogen-bond acceptors (Lipinski definition) is 2. The normalized spacial score (nSPS) is 25.3. The van der Waals surface area contributed by atoms with E-state index in [0.717, 1.165) is 31.4 Å². The minimum Gasteiger partial charge on any atom is -0.350 e. The number of halogens is 3. The topological polar surface area (TPSA) is 49.4 Å². The first-order chi connectivity index (χ1) is 13.1. The first-order valence-electron chi connectivity index (χ1n) is 9.89. The molecule has 1 aliphatic heterocycles. The second kappa shape index (κ2) is 6.49. The summed E-state index contributed by atoms with van der Waals surface area (Å²) in [5.41, 5.74) is -0.523. The smallest absolute Gasteiger partial charge is 0.256 e. The number of piperidine rings is 1. The quantitative estimate of drug-likeness (QED) is 0.793. The van der Waals surface area contributed by atoms with Crippen LogP contribution < -0.4 is 5.32 Å². The van der Waals surface area contributed by atoms with Crippen LogP contribution in [0.15, 0.2) is 12.1 Å². The van der Waals surface area contributed by atoms with Gasteiger partial charge in [0.05, 0.1) is 5.56 Å². The van der Waals surface area contributed by atoms with Crippen LogP contribution in [0, 0.1) is 34.7 Å². The number of likely N-dealkylation sites (tertiary alicyclic amines) is 1. The molecule has 7 heteroatoms. The molecule has 0 radical (unpaired) electrons. The summed E-state index contributed by atoms with van der Waals surface area (Å²) >= 11 is 0. The number of nitrogens with one attached hydrogen (secondary N) is 1. The third-order valence-corrected chi connectivity index (χ3v) is 6.82. The average Bonchev–Trinajstić information content (AvgIpc) is 3.57. The highest BCUT2D eigenvalue weighted by Gasteiger charge is 2.56. The molecule has 1 atom stereocenters. The number of carbonyl (C=O) groups is 2. The number of nitrogens with zero attached hydrogens (tertiary/aromatic N) is 1. The van der Waals surface area contributed by atoms with Gasteiger partial charge in [0.1, 0.15) is 0 Å². The van der Waals surface area contributed by atoms with Gasteiger partial charge in [-0.25, -0.2) is 13.2 Å². The zero-order valence-corrected chi connectivity index (χ0v) is 16.2. The number of amides is 2. The third kappa shape index (κ3) is 3.29. The molecule has 2 saturated carbocycles. The van der Waals surface area contributed by atoms with Gasteiger partial charge in [0.2, 0.25) is 5.91 Å². The van der Waals surface area contributed by atoms with Crippen LogP contribution in [0.3, 0.4) is 0 Å². The maximum Gasteiger partial charge on any atom is 0.256 e. The van der Waals surface area contributed by atoms with E-state index in [0.29, 0.717) is 25.9 Å². The van der Waals surface area contributed by atoms with Crippen molar-refractivity contribution in [3.05, 3.63) is 35.1 Å². The lowest BCUT2D eigenvalue weighted by molar-refractivity contribution is -0.124. The largest absolute Gasteiger partial charge is 0.350 e. The maximum absolute atomic E-state index is 13.9. The highest BCUT2D eigenvalue weighted by Crippen LogP contribution is 2.53. The van der Waals surface area contributed by atoms with E-state index in [1.807, 2.05) is 0 Å². The molecule has 2 amide bonds. The lowest BCUT2D eigenvalue weighted by Crippen LogP contribution is -2.49. The van der Waals surface area contributed by atoms with Gasteiger partial charge in [-0.15, -0.1) is 0 Å². The van der Waals surface area contributed by atoms with Crippen LogP contribution in [-0.4, -0.2) is 35.3 Å². The number of rotatable bonds is 4. The fourth-order valence-electron chi connectivity index (χ4n) is 4.51.